The van der Waals surface area contributed by atoms with Gasteiger partial charge in [0, 0.05) is 11.3 Å². The number of nitrogens with one attached hydrogen (secondary N) is 1. The summed E-state index contributed by atoms with van der Waals surface area (Å²) < 4.78 is 12.8. The highest BCUT2D eigenvalue weighted by molar-refractivity contribution is 5.95. The smallest absolute Gasteiger partial charge is 0.267 e. The molecule has 0 spiro atoms. The zero-order chi connectivity index (χ0) is 15.5. The Hall–Kier alpha value is -1.71. The van der Waals surface area contributed by atoms with Crippen molar-refractivity contribution in [2.24, 2.45) is 16.4 Å². The lowest BCUT2D eigenvalue weighted by Crippen LogP contribution is -2.27. The van der Waals surface area contributed by atoms with Crippen molar-refractivity contribution >= 4 is 11.6 Å². The molecule has 0 unspecified atom stereocenters. The van der Waals surface area contributed by atoms with Crippen LogP contribution in [0.4, 0.5) is 4.39 Å². The molecule has 1 aromatic carbocycles. The van der Waals surface area contributed by atoms with E-state index in [2.05, 4.69) is 31.3 Å². The predicted molar refractivity (Wildman–Crippen MR) is 82.7 cm³/mol. The minimum atomic E-state index is -0.349. The number of rotatable bonds is 2. The third kappa shape index (κ3) is 4.38. The number of carbonyl (C=O) groups is 1. The molecule has 4 heteroatoms. The Bertz CT molecular complexity index is 519. The molecule has 1 aliphatic rings. The lowest BCUT2D eigenvalue weighted by Gasteiger charge is -2.34. The van der Waals surface area contributed by atoms with Crippen LogP contribution in [-0.2, 0) is 0 Å². The molecule has 0 bridgehead atoms. The Labute approximate surface area is 125 Å². The maximum Gasteiger partial charge on any atom is 0.271 e. The fourth-order valence-corrected chi connectivity index (χ4v) is 2.72. The van der Waals surface area contributed by atoms with Gasteiger partial charge in [-0.1, -0.05) is 20.8 Å². The van der Waals surface area contributed by atoms with Gasteiger partial charge in [-0.2, -0.15) is 5.10 Å². The van der Waals surface area contributed by atoms with Crippen LogP contribution in [0, 0.1) is 17.2 Å². The number of hydrogen-bond donors (Lipinski definition) is 1. The Balaban J connectivity index is 1.88. The van der Waals surface area contributed by atoms with Gasteiger partial charge in [0.15, 0.2) is 0 Å². The van der Waals surface area contributed by atoms with E-state index in [1.807, 2.05) is 0 Å². The maximum atomic E-state index is 12.8. The van der Waals surface area contributed by atoms with Crippen LogP contribution in [-0.4, -0.2) is 11.6 Å². The Morgan fingerprint density at radius 2 is 1.76 bits per heavy atom. The van der Waals surface area contributed by atoms with Crippen LogP contribution in [0.15, 0.2) is 29.4 Å². The van der Waals surface area contributed by atoms with Crippen molar-refractivity contribution in [2.45, 2.75) is 46.5 Å². The Kier molecular flexibility index (Phi) is 4.76. The van der Waals surface area contributed by atoms with Crippen molar-refractivity contribution in [3.8, 4) is 0 Å². The normalized spacial score (nSPS) is 19.2. The zero-order valence-corrected chi connectivity index (χ0v) is 12.9. The van der Waals surface area contributed by atoms with Gasteiger partial charge in [0.05, 0.1) is 0 Å². The molecule has 0 heterocycles. The number of amides is 1. The van der Waals surface area contributed by atoms with Gasteiger partial charge < -0.3 is 0 Å². The summed E-state index contributed by atoms with van der Waals surface area (Å²) in [5.74, 6) is 0.0723. The van der Waals surface area contributed by atoms with Crippen LogP contribution >= 0.6 is 0 Å². The summed E-state index contributed by atoms with van der Waals surface area (Å²) in [4.78, 5) is 11.9. The average molecular weight is 290 g/mol. The van der Waals surface area contributed by atoms with Crippen molar-refractivity contribution < 1.29 is 9.18 Å². The van der Waals surface area contributed by atoms with Crippen LogP contribution in [0.25, 0.3) is 0 Å². The largest absolute Gasteiger partial charge is 0.271 e. The summed E-state index contributed by atoms with van der Waals surface area (Å²) in [5.41, 5.74) is 4.37. The number of halogens is 1. The SMILES string of the molecule is CC(C)(C)C1CCC(=NNC(=O)c2ccc(F)cc2)CC1. The molecule has 114 valence electrons. The molecule has 2 rings (SSSR count). The second kappa shape index (κ2) is 6.37. The first kappa shape index (κ1) is 15.7. The zero-order valence-electron chi connectivity index (χ0n) is 12.9. The van der Waals surface area contributed by atoms with E-state index < -0.39 is 0 Å². The molecule has 0 aliphatic heterocycles. The first-order valence-corrected chi connectivity index (χ1v) is 7.47. The Morgan fingerprint density at radius 3 is 2.29 bits per heavy atom. The van der Waals surface area contributed by atoms with E-state index in [9.17, 15) is 9.18 Å². The minimum Gasteiger partial charge on any atom is -0.267 e. The standard InChI is InChI=1S/C17H23FN2O/c1-17(2,3)13-6-10-15(11-7-13)19-20-16(21)12-4-8-14(18)9-5-12/h4-5,8-9,13H,6-7,10-11H2,1-3H3,(H,20,21). The number of benzene rings is 1. The van der Waals surface area contributed by atoms with Gasteiger partial charge in [-0.05, 0) is 61.3 Å². The third-order valence-corrected chi connectivity index (χ3v) is 4.21. The summed E-state index contributed by atoms with van der Waals surface area (Å²) in [6, 6.07) is 5.47. The summed E-state index contributed by atoms with van der Waals surface area (Å²) in [7, 11) is 0. The van der Waals surface area contributed by atoms with Crippen molar-refractivity contribution in [2.75, 3.05) is 0 Å². The van der Waals surface area contributed by atoms with Crippen molar-refractivity contribution in [1.29, 1.82) is 0 Å². The van der Waals surface area contributed by atoms with Gasteiger partial charge in [-0.25, -0.2) is 9.82 Å². The topological polar surface area (TPSA) is 41.5 Å². The molecule has 1 fully saturated rings. The van der Waals surface area contributed by atoms with E-state index in [1.165, 1.54) is 24.3 Å². The average Bonchev–Trinajstić information content (AvgIpc) is 2.45. The number of hydrogen-bond acceptors (Lipinski definition) is 2. The highest BCUT2D eigenvalue weighted by Gasteiger charge is 2.28. The Morgan fingerprint density at radius 1 is 1.19 bits per heavy atom. The first-order chi connectivity index (χ1) is 9.86. The van der Waals surface area contributed by atoms with E-state index in [1.54, 1.807) is 0 Å². The van der Waals surface area contributed by atoms with Crippen LogP contribution in [0.2, 0.25) is 0 Å². The molecule has 1 saturated carbocycles. The van der Waals surface area contributed by atoms with E-state index in [0.717, 1.165) is 31.4 Å². The summed E-state index contributed by atoms with van der Waals surface area (Å²) in [6.07, 6.45) is 4.11. The summed E-state index contributed by atoms with van der Waals surface area (Å²) in [5, 5.41) is 4.22. The van der Waals surface area contributed by atoms with Gasteiger partial charge in [0.1, 0.15) is 5.82 Å². The second-order valence-corrected chi connectivity index (χ2v) is 6.77. The summed E-state index contributed by atoms with van der Waals surface area (Å²) in [6.45, 7) is 6.82. The molecule has 1 amide bonds. The highest BCUT2D eigenvalue weighted by Crippen LogP contribution is 2.36. The monoisotopic (exact) mass is 290 g/mol. The summed E-state index contributed by atoms with van der Waals surface area (Å²) >= 11 is 0. The molecular formula is C17H23FN2O. The van der Waals surface area contributed by atoms with Crippen LogP contribution < -0.4 is 5.43 Å². The van der Waals surface area contributed by atoms with Gasteiger partial charge in [0.25, 0.3) is 5.91 Å². The molecular weight excluding hydrogens is 267 g/mol. The lowest BCUT2D eigenvalue weighted by atomic mass is 9.72. The lowest BCUT2D eigenvalue weighted by molar-refractivity contribution is 0.0954. The first-order valence-electron chi connectivity index (χ1n) is 7.47. The molecule has 1 N–H and O–H groups in total. The quantitative estimate of drug-likeness (QED) is 0.817. The fraction of sp³-hybridized carbons (Fsp3) is 0.529. The van der Waals surface area contributed by atoms with Gasteiger partial charge in [0.2, 0.25) is 0 Å². The van der Waals surface area contributed by atoms with Crippen molar-refractivity contribution in [1.82, 2.24) is 5.43 Å². The number of carbonyl (C=O) groups excluding carboxylic acids is 1. The van der Waals surface area contributed by atoms with Crippen molar-refractivity contribution in [3.05, 3.63) is 35.6 Å². The molecule has 21 heavy (non-hydrogen) atoms. The van der Waals surface area contributed by atoms with Gasteiger partial charge >= 0.3 is 0 Å². The third-order valence-electron chi connectivity index (χ3n) is 4.21. The van der Waals surface area contributed by atoms with E-state index in [4.69, 9.17) is 0 Å². The van der Waals surface area contributed by atoms with Crippen LogP contribution in [0.5, 0.6) is 0 Å². The molecule has 1 aromatic rings. The van der Waals surface area contributed by atoms with Crippen LogP contribution in [0.3, 0.4) is 0 Å². The molecule has 3 nitrogen and oxygen atoms in total. The van der Waals surface area contributed by atoms with E-state index in [-0.39, 0.29) is 11.7 Å². The van der Waals surface area contributed by atoms with Crippen molar-refractivity contribution in [3.63, 3.8) is 0 Å². The predicted octanol–water partition coefficient (Wildman–Crippen LogP) is 4.15. The van der Waals surface area contributed by atoms with Crippen LogP contribution in [0.1, 0.15) is 56.8 Å². The minimum absolute atomic E-state index is 0.291. The molecule has 1 aliphatic carbocycles. The highest BCUT2D eigenvalue weighted by atomic mass is 19.1. The van der Waals surface area contributed by atoms with Gasteiger partial charge in [-0.15, -0.1) is 0 Å². The second-order valence-electron chi connectivity index (χ2n) is 6.77. The maximum absolute atomic E-state index is 12.8. The molecule has 0 radical (unpaired) electrons. The van der Waals surface area contributed by atoms with E-state index >= 15 is 0 Å². The van der Waals surface area contributed by atoms with E-state index in [0.29, 0.717) is 16.9 Å². The molecule has 0 atom stereocenters. The molecule has 0 aromatic heterocycles. The number of nitrogens with zero attached hydrogens (tertiary/aromatic N) is 1. The van der Waals surface area contributed by atoms with Gasteiger partial charge in [-0.3, -0.25) is 4.79 Å². The number of hydrazone groups is 1. The molecule has 0 saturated heterocycles. The fourth-order valence-electron chi connectivity index (χ4n) is 2.72.